The molecule has 0 aliphatic rings. The lowest BCUT2D eigenvalue weighted by Gasteiger charge is -2.16. The van der Waals surface area contributed by atoms with E-state index in [1.807, 2.05) is 0 Å². The number of benzene rings is 2. The number of alkyl halides is 3. The lowest BCUT2D eigenvalue weighted by molar-refractivity contribution is -0.137. The molecule has 0 spiro atoms. The van der Waals surface area contributed by atoms with E-state index in [0.29, 0.717) is 6.07 Å². The number of carbonyl (C=O) groups is 2. The summed E-state index contributed by atoms with van der Waals surface area (Å²) in [4.78, 5) is 24.0. The molecule has 0 saturated carbocycles. The van der Waals surface area contributed by atoms with Gasteiger partial charge in [0.1, 0.15) is 11.6 Å². The maximum Gasteiger partial charge on any atom is 0.418 e. The van der Waals surface area contributed by atoms with E-state index < -0.39 is 41.7 Å². The second kappa shape index (κ2) is 9.09. The first-order chi connectivity index (χ1) is 14.6. The Balaban J connectivity index is 1.71. The van der Waals surface area contributed by atoms with Crippen LogP contribution in [0.4, 0.5) is 28.9 Å². The molecule has 0 saturated heterocycles. The van der Waals surface area contributed by atoms with Crippen molar-refractivity contribution in [3.8, 4) is 5.75 Å². The highest BCUT2D eigenvalue weighted by Crippen LogP contribution is 2.36. The molecule has 162 valence electrons. The maximum absolute atomic E-state index is 13.5. The van der Waals surface area contributed by atoms with Gasteiger partial charge in [0.15, 0.2) is 12.4 Å². The van der Waals surface area contributed by atoms with Gasteiger partial charge in [-0.25, -0.2) is 4.39 Å². The van der Waals surface area contributed by atoms with Crippen LogP contribution < -0.4 is 15.4 Å². The summed E-state index contributed by atoms with van der Waals surface area (Å²) in [5.41, 5.74) is -1.86. The van der Waals surface area contributed by atoms with Crippen molar-refractivity contribution >= 4 is 34.8 Å². The second-order valence-electron chi connectivity index (χ2n) is 6.10. The van der Waals surface area contributed by atoms with Crippen LogP contribution in [0.25, 0.3) is 0 Å². The quantitative estimate of drug-likeness (QED) is 0.489. The predicted molar refractivity (Wildman–Crippen MR) is 104 cm³/mol. The molecule has 0 bridgehead atoms. The topological polar surface area (TPSA) is 80.6 Å². The van der Waals surface area contributed by atoms with Crippen LogP contribution >= 0.6 is 11.6 Å². The van der Waals surface area contributed by atoms with Gasteiger partial charge < -0.3 is 19.8 Å². The number of amides is 2. The minimum Gasteiger partial charge on any atom is -0.484 e. The Morgan fingerprint density at radius 3 is 2.48 bits per heavy atom. The Labute approximate surface area is 177 Å². The molecule has 11 heteroatoms. The number of nitrogens with one attached hydrogen (secondary N) is 2. The Hall–Kier alpha value is -3.53. The van der Waals surface area contributed by atoms with Crippen molar-refractivity contribution in [2.75, 3.05) is 17.2 Å². The number of rotatable bonds is 6. The Kier molecular flexibility index (Phi) is 6.50. The number of anilines is 2. The molecule has 0 aliphatic carbocycles. The number of halogens is 5. The minimum atomic E-state index is -4.82. The highest BCUT2D eigenvalue weighted by Gasteiger charge is 2.34. The number of carbonyl (C=O) groups excluding carboxylic acids is 2. The van der Waals surface area contributed by atoms with Gasteiger partial charge >= 0.3 is 6.18 Å². The first kappa shape index (κ1) is 22.2. The van der Waals surface area contributed by atoms with E-state index in [2.05, 4.69) is 10.6 Å². The van der Waals surface area contributed by atoms with Gasteiger partial charge in [-0.1, -0.05) is 11.6 Å². The molecular formula is C20H13ClF4N2O4. The Morgan fingerprint density at radius 2 is 1.84 bits per heavy atom. The maximum atomic E-state index is 13.5. The van der Waals surface area contributed by atoms with Crippen molar-refractivity contribution in [3.05, 3.63) is 77.0 Å². The van der Waals surface area contributed by atoms with E-state index in [1.54, 1.807) is 0 Å². The summed E-state index contributed by atoms with van der Waals surface area (Å²) in [6.07, 6.45) is -3.57. The molecule has 0 fully saturated rings. The largest absolute Gasteiger partial charge is 0.484 e. The van der Waals surface area contributed by atoms with Gasteiger partial charge in [-0.15, -0.1) is 0 Å². The molecule has 31 heavy (non-hydrogen) atoms. The predicted octanol–water partition coefficient (Wildman–Crippen LogP) is 5.36. The van der Waals surface area contributed by atoms with E-state index in [0.717, 1.165) is 18.2 Å². The van der Waals surface area contributed by atoms with Gasteiger partial charge in [0.2, 0.25) is 0 Å². The van der Waals surface area contributed by atoms with Crippen LogP contribution in [0.15, 0.2) is 59.2 Å². The smallest absolute Gasteiger partial charge is 0.418 e. The van der Waals surface area contributed by atoms with Crippen LogP contribution in [-0.2, 0) is 11.0 Å². The monoisotopic (exact) mass is 456 g/mol. The molecule has 0 radical (unpaired) electrons. The fraction of sp³-hybridized carbons (Fsp3) is 0.100. The highest BCUT2D eigenvalue weighted by atomic mass is 35.5. The Bertz CT molecular complexity index is 1100. The third-order valence-electron chi connectivity index (χ3n) is 3.86. The average molecular weight is 457 g/mol. The molecular weight excluding hydrogens is 444 g/mol. The molecule has 0 atom stereocenters. The zero-order valence-electron chi connectivity index (χ0n) is 15.4. The molecule has 6 nitrogen and oxygen atoms in total. The summed E-state index contributed by atoms with van der Waals surface area (Å²) in [5, 5.41) is 4.15. The number of ether oxygens (including phenoxy) is 1. The van der Waals surface area contributed by atoms with Crippen molar-refractivity contribution in [2.45, 2.75) is 6.18 Å². The zero-order chi connectivity index (χ0) is 22.6. The fourth-order valence-corrected chi connectivity index (χ4v) is 2.64. The number of hydrogen-bond donors (Lipinski definition) is 2. The standard InChI is InChI=1S/C20H13ClF4N2O4/c21-14-9-12(4-5-15(14)22)31-10-18(28)27-16-6-3-11(8-13(16)20(23,24)25)26-19(29)17-2-1-7-30-17/h1-9H,10H2,(H,26,29)(H,27,28). The highest BCUT2D eigenvalue weighted by molar-refractivity contribution is 6.30. The second-order valence-corrected chi connectivity index (χ2v) is 6.51. The van der Waals surface area contributed by atoms with Crippen LogP contribution in [0.5, 0.6) is 5.75 Å². The van der Waals surface area contributed by atoms with E-state index >= 15 is 0 Å². The third kappa shape index (κ3) is 5.76. The van der Waals surface area contributed by atoms with Crippen molar-refractivity contribution in [3.63, 3.8) is 0 Å². The van der Waals surface area contributed by atoms with Crippen LogP contribution in [0.1, 0.15) is 16.1 Å². The van der Waals surface area contributed by atoms with Gasteiger partial charge in [-0.2, -0.15) is 13.2 Å². The molecule has 2 amide bonds. The summed E-state index contributed by atoms with van der Waals surface area (Å²) in [6, 6.07) is 9.02. The van der Waals surface area contributed by atoms with Gasteiger partial charge in [-0.05, 0) is 42.5 Å². The molecule has 1 aromatic heterocycles. The molecule has 0 unspecified atom stereocenters. The van der Waals surface area contributed by atoms with Crippen molar-refractivity contribution < 1.29 is 36.3 Å². The third-order valence-corrected chi connectivity index (χ3v) is 4.15. The van der Waals surface area contributed by atoms with Crippen LogP contribution in [-0.4, -0.2) is 18.4 Å². The molecule has 1 heterocycles. The first-order valence-electron chi connectivity index (χ1n) is 8.57. The molecule has 2 aromatic carbocycles. The summed E-state index contributed by atoms with van der Waals surface area (Å²) in [6.45, 7) is -0.643. The SMILES string of the molecule is O=C(COc1ccc(F)c(Cl)c1)Nc1ccc(NC(=O)c2ccco2)cc1C(F)(F)F. The van der Waals surface area contributed by atoms with Gasteiger partial charge in [-0.3, -0.25) is 9.59 Å². The normalized spacial score (nSPS) is 11.1. The van der Waals surface area contributed by atoms with Crippen LogP contribution in [0.3, 0.4) is 0 Å². The van der Waals surface area contributed by atoms with E-state index in [-0.39, 0.29) is 22.2 Å². The van der Waals surface area contributed by atoms with Gasteiger partial charge in [0.05, 0.1) is 22.5 Å². The van der Waals surface area contributed by atoms with E-state index in [4.69, 9.17) is 20.8 Å². The Morgan fingerprint density at radius 1 is 1.06 bits per heavy atom. The van der Waals surface area contributed by atoms with Crippen LogP contribution in [0.2, 0.25) is 5.02 Å². The van der Waals surface area contributed by atoms with Crippen molar-refractivity contribution in [2.24, 2.45) is 0 Å². The summed E-state index contributed by atoms with van der Waals surface area (Å²) >= 11 is 5.60. The lowest BCUT2D eigenvalue weighted by Crippen LogP contribution is -2.22. The van der Waals surface area contributed by atoms with Crippen molar-refractivity contribution in [1.82, 2.24) is 0 Å². The summed E-state index contributed by atoms with van der Waals surface area (Å²) in [5.74, 6) is -2.33. The van der Waals surface area contributed by atoms with Crippen molar-refractivity contribution in [1.29, 1.82) is 0 Å². The summed E-state index contributed by atoms with van der Waals surface area (Å²) in [7, 11) is 0. The number of furan rings is 1. The molecule has 0 aliphatic heterocycles. The van der Waals surface area contributed by atoms with E-state index in [9.17, 15) is 27.2 Å². The average Bonchev–Trinajstić information content (AvgIpc) is 3.24. The fourth-order valence-electron chi connectivity index (χ4n) is 2.47. The number of hydrogen-bond acceptors (Lipinski definition) is 4. The van der Waals surface area contributed by atoms with Gasteiger partial charge in [0, 0.05) is 11.8 Å². The molecule has 3 rings (SSSR count). The molecule has 2 N–H and O–H groups in total. The summed E-state index contributed by atoms with van der Waals surface area (Å²) < 4.78 is 63.5. The van der Waals surface area contributed by atoms with Crippen LogP contribution in [0, 0.1) is 5.82 Å². The lowest BCUT2D eigenvalue weighted by atomic mass is 10.1. The minimum absolute atomic E-state index is 0.0635. The molecule has 3 aromatic rings. The first-order valence-corrected chi connectivity index (χ1v) is 8.95. The zero-order valence-corrected chi connectivity index (χ0v) is 16.2. The van der Waals surface area contributed by atoms with Gasteiger partial charge in [0.25, 0.3) is 11.8 Å². The van der Waals surface area contributed by atoms with E-state index in [1.165, 1.54) is 30.5 Å².